The summed E-state index contributed by atoms with van der Waals surface area (Å²) < 4.78 is 2.23. The fraction of sp³-hybridized carbons (Fsp3) is 0.294. The highest BCUT2D eigenvalue weighted by molar-refractivity contribution is 9.11. The molecular formula is C17H17Br2N. The van der Waals surface area contributed by atoms with E-state index in [1.54, 1.807) is 0 Å². The molecule has 0 atom stereocenters. The number of rotatable bonds is 3. The van der Waals surface area contributed by atoms with E-state index in [0.29, 0.717) is 12.0 Å². The molecule has 0 radical (unpaired) electrons. The Kier molecular flexibility index (Phi) is 4.18. The molecule has 2 aromatic carbocycles. The maximum Gasteiger partial charge on any atom is 0.0631 e. The Morgan fingerprint density at radius 2 is 1.65 bits per heavy atom. The van der Waals surface area contributed by atoms with Gasteiger partial charge in [0.05, 0.1) is 5.69 Å². The van der Waals surface area contributed by atoms with Crippen molar-refractivity contribution in [1.29, 1.82) is 0 Å². The van der Waals surface area contributed by atoms with E-state index >= 15 is 0 Å². The van der Waals surface area contributed by atoms with Crippen LogP contribution in [0.15, 0.2) is 51.4 Å². The maximum atomic E-state index is 3.64. The molecule has 0 amide bonds. The Hall–Kier alpha value is -0.800. The predicted molar refractivity (Wildman–Crippen MR) is 92.4 cm³/mol. The molecule has 3 rings (SSSR count). The molecule has 104 valence electrons. The van der Waals surface area contributed by atoms with Crippen molar-refractivity contribution in [3.63, 3.8) is 0 Å². The lowest BCUT2D eigenvalue weighted by Crippen LogP contribution is -2.34. The van der Waals surface area contributed by atoms with E-state index in [4.69, 9.17) is 0 Å². The summed E-state index contributed by atoms with van der Waals surface area (Å²) in [6, 6.07) is 15.6. The first-order valence-electron chi connectivity index (χ1n) is 6.90. The molecule has 0 unspecified atom stereocenters. The van der Waals surface area contributed by atoms with Crippen LogP contribution in [0.4, 0.5) is 5.69 Å². The first-order valence-corrected chi connectivity index (χ1v) is 8.49. The molecule has 0 aliphatic heterocycles. The van der Waals surface area contributed by atoms with Crippen LogP contribution in [0.5, 0.6) is 0 Å². The minimum atomic E-state index is 0.565. The second kappa shape index (κ2) is 5.90. The zero-order valence-corrected chi connectivity index (χ0v) is 14.5. The normalized spacial score (nSPS) is 21.4. The zero-order chi connectivity index (χ0) is 14.1. The SMILES string of the molecule is Cc1cccc(C2CC(Nc3c(Br)cccc3Br)C2)c1. The van der Waals surface area contributed by atoms with E-state index in [1.807, 2.05) is 6.07 Å². The number of hydrogen-bond acceptors (Lipinski definition) is 1. The lowest BCUT2D eigenvalue weighted by molar-refractivity contribution is 0.374. The highest BCUT2D eigenvalue weighted by Gasteiger charge is 2.30. The third kappa shape index (κ3) is 2.94. The molecule has 0 bridgehead atoms. The molecular weight excluding hydrogens is 378 g/mol. The van der Waals surface area contributed by atoms with Gasteiger partial charge < -0.3 is 5.32 Å². The molecule has 2 aromatic rings. The Balaban J connectivity index is 1.64. The number of halogens is 2. The summed E-state index contributed by atoms with van der Waals surface area (Å²) in [6.07, 6.45) is 2.41. The number of benzene rings is 2. The number of hydrogen-bond donors (Lipinski definition) is 1. The minimum absolute atomic E-state index is 0.565. The fourth-order valence-electron chi connectivity index (χ4n) is 2.77. The van der Waals surface area contributed by atoms with Crippen LogP contribution in [0.1, 0.15) is 29.9 Å². The molecule has 1 N–H and O–H groups in total. The van der Waals surface area contributed by atoms with Gasteiger partial charge in [0.1, 0.15) is 0 Å². The Labute approximate surface area is 137 Å². The van der Waals surface area contributed by atoms with Gasteiger partial charge in [0.15, 0.2) is 0 Å². The molecule has 1 aliphatic carbocycles. The van der Waals surface area contributed by atoms with E-state index in [9.17, 15) is 0 Å². The smallest absolute Gasteiger partial charge is 0.0631 e. The molecule has 20 heavy (non-hydrogen) atoms. The highest BCUT2D eigenvalue weighted by Crippen LogP contribution is 2.41. The van der Waals surface area contributed by atoms with Gasteiger partial charge in [-0.1, -0.05) is 35.9 Å². The monoisotopic (exact) mass is 393 g/mol. The minimum Gasteiger partial charge on any atom is -0.380 e. The van der Waals surface area contributed by atoms with E-state index in [-0.39, 0.29) is 0 Å². The molecule has 0 saturated heterocycles. The maximum absolute atomic E-state index is 3.64. The molecule has 0 spiro atoms. The Bertz CT molecular complexity index is 598. The van der Waals surface area contributed by atoms with E-state index in [0.717, 1.165) is 8.95 Å². The summed E-state index contributed by atoms with van der Waals surface area (Å²) in [7, 11) is 0. The molecule has 0 aromatic heterocycles. The quantitative estimate of drug-likeness (QED) is 0.685. The summed E-state index contributed by atoms with van der Waals surface area (Å²) >= 11 is 7.21. The number of para-hydroxylation sites is 1. The number of anilines is 1. The third-order valence-electron chi connectivity index (χ3n) is 3.96. The van der Waals surface area contributed by atoms with Crippen LogP contribution in [0.25, 0.3) is 0 Å². The summed E-state index contributed by atoms with van der Waals surface area (Å²) in [6.45, 7) is 2.16. The van der Waals surface area contributed by atoms with Gasteiger partial charge in [-0.2, -0.15) is 0 Å². The third-order valence-corrected chi connectivity index (χ3v) is 5.28. The highest BCUT2D eigenvalue weighted by atomic mass is 79.9. The van der Waals surface area contributed by atoms with Crippen molar-refractivity contribution >= 4 is 37.5 Å². The van der Waals surface area contributed by atoms with Crippen LogP contribution in [-0.2, 0) is 0 Å². The van der Waals surface area contributed by atoms with Gasteiger partial charge in [0.25, 0.3) is 0 Å². The van der Waals surface area contributed by atoms with Gasteiger partial charge >= 0.3 is 0 Å². The van der Waals surface area contributed by atoms with Crippen molar-refractivity contribution < 1.29 is 0 Å². The Morgan fingerprint density at radius 3 is 2.30 bits per heavy atom. The average Bonchev–Trinajstić information content (AvgIpc) is 2.36. The molecule has 1 fully saturated rings. The first-order chi connectivity index (χ1) is 9.63. The van der Waals surface area contributed by atoms with Gasteiger partial charge in [-0.25, -0.2) is 0 Å². The van der Waals surface area contributed by atoms with Crippen molar-refractivity contribution in [3.05, 3.63) is 62.5 Å². The largest absolute Gasteiger partial charge is 0.380 e. The summed E-state index contributed by atoms with van der Waals surface area (Å²) in [5, 5.41) is 3.64. The van der Waals surface area contributed by atoms with Crippen molar-refractivity contribution in [3.8, 4) is 0 Å². The van der Waals surface area contributed by atoms with Gasteiger partial charge in [0, 0.05) is 15.0 Å². The van der Waals surface area contributed by atoms with Crippen molar-refractivity contribution in [2.75, 3.05) is 5.32 Å². The van der Waals surface area contributed by atoms with Crippen LogP contribution >= 0.6 is 31.9 Å². The summed E-state index contributed by atoms with van der Waals surface area (Å²) in [4.78, 5) is 0. The van der Waals surface area contributed by atoms with Crippen molar-refractivity contribution in [1.82, 2.24) is 0 Å². The van der Waals surface area contributed by atoms with Crippen molar-refractivity contribution in [2.45, 2.75) is 31.7 Å². The lowest BCUT2D eigenvalue weighted by atomic mass is 9.75. The molecule has 1 saturated carbocycles. The van der Waals surface area contributed by atoms with Gasteiger partial charge in [-0.3, -0.25) is 0 Å². The number of nitrogens with one attached hydrogen (secondary N) is 1. The van der Waals surface area contributed by atoms with Gasteiger partial charge in [0.2, 0.25) is 0 Å². The molecule has 1 aliphatic rings. The second-order valence-corrected chi connectivity index (χ2v) is 7.23. The molecule has 1 nitrogen and oxygen atoms in total. The van der Waals surface area contributed by atoms with Crippen molar-refractivity contribution in [2.24, 2.45) is 0 Å². The van der Waals surface area contributed by atoms with Crippen LogP contribution in [0, 0.1) is 6.92 Å². The van der Waals surface area contributed by atoms with Crippen LogP contribution in [-0.4, -0.2) is 6.04 Å². The zero-order valence-electron chi connectivity index (χ0n) is 11.4. The topological polar surface area (TPSA) is 12.0 Å². The summed E-state index contributed by atoms with van der Waals surface area (Å²) in [5.74, 6) is 0.702. The van der Waals surface area contributed by atoms with Gasteiger partial charge in [-0.05, 0) is 75.2 Å². The lowest BCUT2D eigenvalue weighted by Gasteiger charge is -2.37. The van der Waals surface area contributed by atoms with Crippen LogP contribution in [0.3, 0.4) is 0 Å². The standard InChI is InChI=1S/C17H17Br2N/c1-11-4-2-5-12(8-11)13-9-14(10-13)20-17-15(18)6-3-7-16(17)19/h2-8,13-14,20H,9-10H2,1H3. The van der Waals surface area contributed by atoms with Crippen LogP contribution in [0.2, 0.25) is 0 Å². The first kappa shape index (κ1) is 14.2. The molecule has 0 heterocycles. The average molecular weight is 395 g/mol. The van der Waals surface area contributed by atoms with E-state index in [2.05, 4.69) is 80.5 Å². The second-order valence-electron chi connectivity index (χ2n) is 5.52. The predicted octanol–water partition coefficient (Wildman–Crippen LogP) is 5.88. The van der Waals surface area contributed by atoms with Crippen LogP contribution < -0.4 is 5.32 Å². The molecule has 3 heteroatoms. The fourth-order valence-corrected chi connectivity index (χ4v) is 4.00. The van der Waals surface area contributed by atoms with Gasteiger partial charge in [-0.15, -0.1) is 0 Å². The Morgan fingerprint density at radius 1 is 1.00 bits per heavy atom. The number of aryl methyl sites for hydroxylation is 1. The van der Waals surface area contributed by atoms with E-state index in [1.165, 1.54) is 29.7 Å². The van der Waals surface area contributed by atoms with E-state index < -0.39 is 0 Å². The summed E-state index contributed by atoms with van der Waals surface area (Å²) in [5.41, 5.74) is 4.00.